The number of halogens is 1. The van der Waals surface area contributed by atoms with Crippen molar-refractivity contribution in [3.05, 3.63) is 56.0 Å². The molecule has 7 nitrogen and oxygen atoms in total. The Kier molecular flexibility index (Phi) is 6.01. The number of benzene rings is 2. The summed E-state index contributed by atoms with van der Waals surface area (Å²) in [5.41, 5.74) is 1.49. The molecule has 1 aliphatic heterocycles. The number of ether oxygens (including phenoxy) is 1. The molecule has 2 amide bonds. The van der Waals surface area contributed by atoms with Gasteiger partial charge in [0.2, 0.25) is 0 Å². The first-order valence-corrected chi connectivity index (χ1v) is 11.1. The van der Waals surface area contributed by atoms with Crippen molar-refractivity contribution in [2.75, 3.05) is 7.11 Å². The second-order valence-corrected chi connectivity index (χ2v) is 9.46. The lowest BCUT2D eigenvalue weighted by atomic mass is 10.2. The smallest absolute Gasteiger partial charge is 0.339 e. The lowest BCUT2D eigenvalue weighted by molar-refractivity contribution is -0.115. The fraction of sp³-hybridized carbons (Fsp3) is 0.111. The van der Waals surface area contributed by atoms with Crippen LogP contribution in [0.4, 0.5) is 4.79 Å². The Labute approximate surface area is 179 Å². The van der Waals surface area contributed by atoms with E-state index in [0.29, 0.717) is 9.13 Å². The number of carbonyl (C=O) groups is 2. The molecule has 0 aliphatic carbocycles. The van der Waals surface area contributed by atoms with Crippen molar-refractivity contribution < 1.29 is 26.9 Å². The van der Waals surface area contributed by atoms with E-state index in [4.69, 9.17) is 8.92 Å². The van der Waals surface area contributed by atoms with Crippen molar-refractivity contribution in [1.82, 2.24) is 5.32 Å². The molecular weight excluding hydrogens is 517 g/mol. The molecule has 2 aromatic carbocycles. The van der Waals surface area contributed by atoms with E-state index in [1.54, 1.807) is 18.2 Å². The molecule has 0 unspecified atom stereocenters. The number of nitrogens with one attached hydrogen (secondary N) is 1. The van der Waals surface area contributed by atoms with E-state index >= 15 is 0 Å². The fourth-order valence-electron chi connectivity index (χ4n) is 2.34. The number of imide groups is 1. The molecule has 1 saturated heterocycles. The van der Waals surface area contributed by atoms with E-state index in [1.165, 1.54) is 31.4 Å². The number of rotatable bonds is 5. The topological polar surface area (TPSA) is 98.8 Å². The minimum atomic E-state index is -4.05. The molecule has 1 heterocycles. The number of amides is 2. The summed E-state index contributed by atoms with van der Waals surface area (Å²) in [6.07, 6.45) is 1.52. The Hall–Kier alpha value is -2.05. The Bertz CT molecular complexity index is 1090. The fourth-order valence-corrected chi connectivity index (χ4v) is 4.86. The minimum absolute atomic E-state index is 0.0275. The Balaban J connectivity index is 1.96. The maximum absolute atomic E-state index is 12.6. The molecule has 2 aromatic rings. The summed E-state index contributed by atoms with van der Waals surface area (Å²) in [6, 6.07) is 9.46. The number of aryl methyl sites for hydroxylation is 1. The average Bonchev–Trinajstić information content (AvgIpc) is 2.94. The lowest BCUT2D eigenvalue weighted by Gasteiger charge is -2.13. The van der Waals surface area contributed by atoms with Crippen molar-refractivity contribution in [2.24, 2.45) is 0 Å². The predicted octanol–water partition coefficient (Wildman–Crippen LogP) is 3.70. The molecule has 0 saturated carbocycles. The van der Waals surface area contributed by atoms with Gasteiger partial charge in [-0.2, -0.15) is 8.42 Å². The van der Waals surface area contributed by atoms with Crippen LogP contribution in [0.15, 0.2) is 46.2 Å². The number of methoxy groups -OCH3 is 1. The summed E-state index contributed by atoms with van der Waals surface area (Å²) in [5, 5.41) is 1.73. The van der Waals surface area contributed by atoms with Crippen LogP contribution in [0, 0.1) is 10.5 Å². The van der Waals surface area contributed by atoms with Gasteiger partial charge in [0.15, 0.2) is 11.5 Å². The monoisotopic (exact) mass is 531 g/mol. The van der Waals surface area contributed by atoms with Gasteiger partial charge in [-0.1, -0.05) is 17.7 Å². The van der Waals surface area contributed by atoms with Crippen LogP contribution >= 0.6 is 34.4 Å². The molecule has 0 bridgehead atoms. The van der Waals surface area contributed by atoms with Gasteiger partial charge in [0.1, 0.15) is 4.90 Å². The van der Waals surface area contributed by atoms with Gasteiger partial charge < -0.3 is 8.92 Å². The van der Waals surface area contributed by atoms with Crippen LogP contribution in [0.1, 0.15) is 11.1 Å². The quantitative estimate of drug-likeness (QED) is 0.357. The first kappa shape index (κ1) is 20.7. The van der Waals surface area contributed by atoms with E-state index in [0.717, 1.165) is 17.3 Å². The van der Waals surface area contributed by atoms with Crippen LogP contribution in [0.2, 0.25) is 0 Å². The van der Waals surface area contributed by atoms with Gasteiger partial charge in [-0.15, -0.1) is 0 Å². The number of carbonyl (C=O) groups excluding carboxylic acids is 2. The zero-order valence-corrected chi connectivity index (χ0v) is 18.5. The number of hydrogen-bond donors (Lipinski definition) is 1. The van der Waals surface area contributed by atoms with Gasteiger partial charge in [0.05, 0.1) is 15.6 Å². The van der Waals surface area contributed by atoms with Crippen LogP contribution in [-0.2, 0) is 14.9 Å². The zero-order valence-electron chi connectivity index (χ0n) is 14.7. The highest BCUT2D eigenvalue weighted by molar-refractivity contribution is 14.1. The van der Waals surface area contributed by atoms with Crippen molar-refractivity contribution >= 4 is 61.7 Å². The third-order valence-corrected chi connectivity index (χ3v) is 6.54. The molecule has 10 heteroatoms. The molecule has 3 rings (SSSR count). The maximum atomic E-state index is 12.6. The second kappa shape index (κ2) is 8.13. The van der Waals surface area contributed by atoms with E-state index in [9.17, 15) is 18.0 Å². The summed E-state index contributed by atoms with van der Waals surface area (Å²) < 4.78 is 36.3. The highest BCUT2D eigenvalue weighted by atomic mass is 127. The third-order valence-electron chi connectivity index (χ3n) is 3.69. The van der Waals surface area contributed by atoms with Crippen molar-refractivity contribution in [2.45, 2.75) is 11.8 Å². The largest absolute Gasteiger partial charge is 0.493 e. The third kappa shape index (κ3) is 4.50. The highest BCUT2D eigenvalue weighted by Crippen LogP contribution is 2.37. The average molecular weight is 531 g/mol. The van der Waals surface area contributed by atoms with E-state index in [-0.39, 0.29) is 21.3 Å². The van der Waals surface area contributed by atoms with Crippen LogP contribution < -0.4 is 14.2 Å². The summed E-state index contributed by atoms with van der Waals surface area (Å²) >= 11 is 2.71. The Morgan fingerprint density at radius 2 is 1.82 bits per heavy atom. The maximum Gasteiger partial charge on any atom is 0.339 e. The van der Waals surface area contributed by atoms with Gasteiger partial charge in [-0.05, 0) is 77.2 Å². The van der Waals surface area contributed by atoms with E-state index in [2.05, 4.69) is 5.32 Å². The molecule has 0 spiro atoms. The van der Waals surface area contributed by atoms with Gasteiger partial charge in [-0.3, -0.25) is 14.9 Å². The van der Waals surface area contributed by atoms with E-state index in [1.807, 2.05) is 29.5 Å². The van der Waals surface area contributed by atoms with Crippen LogP contribution in [0.5, 0.6) is 11.5 Å². The summed E-state index contributed by atoms with van der Waals surface area (Å²) in [6.45, 7) is 1.85. The molecule has 1 fully saturated rings. The molecule has 1 N–H and O–H groups in total. The predicted molar refractivity (Wildman–Crippen MR) is 114 cm³/mol. The van der Waals surface area contributed by atoms with Crippen molar-refractivity contribution in [3.63, 3.8) is 0 Å². The molecule has 1 aliphatic rings. The summed E-state index contributed by atoms with van der Waals surface area (Å²) in [7, 11) is -2.67. The lowest BCUT2D eigenvalue weighted by Crippen LogP contribution is -2.17. The standard InChI is InChI=1S/C18H14INO6S2/c1-10-3-5-12(6-4-10)28(23,24)26-16-13(19)7-11(8-14(16)25-2)9-15-17(21)20-18(22)27-15/h3-9H,1-2H3,(H,20,21,22)/b15-9-. The van der Waals surface area contributed by atoms with Crippen molar-refractivity contribution in [3.8, 4) is 11.5 Å². The van der Waals surface area contributed by atoms with Gasteiger partial charge in [-0.25, -0.2) is 0 Å². The zero-order chi connectivity index (χ0) is 20.5. The van der Waals surface area contributed by atoms with Crippen LogP contribution in [0.25, 0.3) is 6.08 Å². The Morgan fingerprint density at radius 3 is 2.39 bits per heavy atom. The summed E-state index contributed by atoms with van der Waals surface area (Å²) in [4.78, 5) is 23.3. The molecule has 28 heavy (non-hydrogen) atoms. The molecule has 0 radical (unpaired) electrons. The van der Waals surface area contributed by atoms with Crippen LogP contribution in [0.3, 0.4) is 0 Å². The second-order valence-electron chi connectivity index (χ2n) is 5.74. The molecular formula is C18H14INO6S2. The SMILES string of the molecule is COc1cc(/C=C2\SC(=O)NC2=O)cc(I)c1OS(=O)(=O)c1ccc(C)cc1. The van der Waals surface area contributed by atoms with Gasteiger partial charge in [0.25, 0.3) is 11.1 Å². The summed E-state index contributed by atoms with van der Waals surface area (Å²) in [5.74, 6) is -0.249. The first-order valence-electron chi connectivity index (χ1n) is 7.83. The van der Waals surface area contributed by atoms with E-state index < -0.39 is 21.3 Å². The normalized spacial score (nSPS) is 15.6. The van der Waals surface area contributed by atoms with Gasteiger partial charge in [0, 0.05) is 0 Å². The van der Waals surface area contributed by atoms with Crippen LogP contribution in [-0.4, -0.2) is 26.7 Å². The van der Waals surface area contributed by atoms with Crippen molar-refractivity contribution in [1.29, 1.82) is 0 Å². The molecule has 0 aromatic heterocycles. The van der Waals surface area contributed by atoms with Gasteiger partial charge >= 0.3 is 10.1 Å². The highest BCUT2D eigenvalue weighted by Gasteiger charge is 2.26. The number of thioether (sulfide) groups is 1. The minimum Gasteiger partial charge on any atom is -0.493 e. The number of hydrogen-bond acceptors (Lipinski definition) is 7. The molecule has 146 valence electrons. The first-order chi connectivity index (χ1) is 13.2. The Morgan fingerprint density at radius 1 is 1.14 bits per heavy atom. The molecule has 0 atom stereocenters.